The number of carbonyl (C=O) groups is 1. The van der Waals surface area contributed by atoms with Crippen LogP contribution < -0.4 is 0 Å². The summed E-state index contributed by atoms with van der Waals surface area (Å²) in [6.45, 7) is 3.72. The zero-order valence-corrected chi connectivity index (χ0v) is 12.8. The van der Waals surface area contributed by atoms with Crippen LogP contribution in [0.15, 0.2) is 34.7 Å². The van der Waals surface area contributed by atoms with Gasteiger partial charge in [0, 0.05) is 7.05 Å². The number of nitrogens with zero attached hydrogens (tertiary/aromatic N) is 1. The molecule has 0 radical (unpaired) electrons. The third kappa shape index (κ3) is 2.48. The zero-order chi connectivity index (χ0) is 15.0. The Morgan fingerprint density at radius 2 is 2.05 bits per heavy atom. The molecule has 3 heteroatoms. The van der Waals surface area contributed by atoms with Gasteiger partial charge in [0.15, 0.2) is 0 Å². The summed E-state index contributed by atoms with van der Waals surface area (Å²) in [5.41, 5.74) is 3.34. The molecule has 0 saturated carbocycles. The summed E-state index contributed by atoms with van der Waals surface area (Å²) in [5.74, 6) is 1.53. The van der Waals surface area contributed by atoms with E-state index in [1.54, 1.807) is 0 Å². The monoisotopic (exact) mass is 283 g/mol. The first-order valence-corrected chi connectivity index (χ1v) is 7.50. The first-order valence-electron chi connectivity index (χ1n) is 7.50. The molecule has 1 amide bonds. The third-order valence-electron chi connectivity index (χ3n) is 4.40. The minimum Gasteiger partial charge on any atom is -0.466 e. The van der Waals surface area contributed by atoms with E-state index in [2.05, 4.69) is 24.3 Å². The van der Waals surface area contributed by atoms with E-state index in [0.29, 0.717) is 11.3 Å². The van der Waals surface area contributed by atoms with Gasteiger partial charge in [0.1, 0.15) is 11.5 Å². The number of hydrogen-bond acceptors (Lipinski definition) is 2. The van der Waals surface area contributed by atoms with E-state index in [4.69, 9.17) is 4.42 Å². The maximum Gasteiger partial charge on any atom is 0.257 e. The molecule has 1 unspecified atom stereocenters. The van der Waals surface area contributed by atoms with Crippen molar-refractivity contribution in [3.05, 3.63) is 58.5 Å². The van der Waals surface area contributed by atoms with Crippen molar-refractivity contribution in [1.29, 1.82) is 0 Å². The fourth-order valence-electron chi connectivity index (χ4n) is 3.31. The topological polar surface area (TPSA) is 33.5 Å². The molecule has 2 aromatic rings. The number of furan rings is 1. The third-order valence-corrected chi connectivity index (χ3v) is 4.40. The van der Waals surface area contributed by atoms with Crippen molar-refractivity contribution >= 4 is 5.91 Å². The molecule has 0 fully saturated rings. The maximum atomic E-state index is 12.8. The highest BCUT2D eigenvalue weighted by Gasteiger charge is 2.28. The molecule has 0 saturated heterocycles. The summed E-state index contributed by atoms with van der Waals surface area (Å²) in [6, 6.07) is 10.5. The van der Waals surface area contributed by atoms with Crippen LogP contribution in [-0.2, 0) is 6.42 Å². The smallest absolute Gasteiger partial charge is 0.257 e. The summed E-state index contributed by atoms with van der Waals surface area (Å²) in [4.78, 5) is 14.6. The Hall–Kier alpha value is -2.03. The Morgan fingerprint density at radius 3 is 2.76 bits per heavy atom. The predicted octanol–water partition coefficient (Wildman–Crippen LogP) is 4.05. The summed E-state index contributed by atoms with van der Waals surface area (Å²) < 4.78 is 5.50. The molecule has 0 spiro atoms. The van der Waals surface area contributed by atoms with Crippen molar-refractivity contribution in [2.45, 2.75) is 39.2 Å². The van der Waals surface area contributed by atoms with Gasteiger partial charge in [-0.15, -0.1) is 0 Å². The Balaban J connectivity index is 1.91. The maximum absolute atomic E-state index is 12.8. The van der Waals surface area contributed by atoms with Gasteiger partial charge in [-0.05, 0) is 50.3 Å². The van der Waals surface area contributed by atoms with E-state index in [1.165, 1.54) is 11.1 Å². The molecule has 0 bridgehead atoms. The van der Waals surface area contributed by atoms with Crippen LogP contribution in [-0.4, -0.2) is 17.9 Å². The van der Waals surface area contributed by atoms with Gasteiger partial charge in [0.05, 0.1) is 11.6 Å². The number of rotatable bonds is 2. The highest BCUT2D eigenvalue weighted by atomic mass is 16.3. The van der Waals surface area contributed by atoms with Gasteiger partial charge in [-0.2, -0.15) is 0 Å². The van der Waals surface area contributed by atoms with Crippen LogP contribution in [0.5, 0.6) is 0 Å². The molecule has 0 N–H and O–H groups in total. The molecule has 1 aromatic carbocycles. The lowest BCUT2D eigenvalue weighted by atomic mass is 9.87. The van der Waals surface area contributed by atoms with Crippen molar-refractivity contribution in [2.24, 2.45) is 0 Å². The molecular weight excluding hydrogens is 262 g/mol. The minimum atomic E-state index is 0.0473. The Morgan fingerprint density at radius 1 is 1.29 bits per heavy atom. The van der Waals surface area contributed by atoms with Crippen LogP contribution in [0.4, 0.5) is 0 Å². The fraction of sp³-hybridized carbons (Fsp3) is 0.389. The van der Waals surface area contributed by atoms with Crippen LogP contribution in [0.1, 0.15) is 51.9 Å². The predicted molar refractivity (Wildman–Crippen MR) is 82.4 cm³/mol. The summed E-state index contributed by atoms with van der Waals surface area (Å²) in [7, 11) is 1.90. The summed E-state index contributed by atoms with van der Waals surface area (Å²) in [5, 5.41) is 0. The normalized spacial score (nSPS) is 17.4. The second-order valence-electron chi connectivity index (χ2n) is 5.85. The molecule has 1 heterocycles. The molecule has 3 rings (SSSR count). The molecule has 1 aliphatic rings. The largest absolute Gasteiger partial charge is 0.466 e. The van der Waals surface area contributed by atoms with Crippen molar-refractivity contribution in [3.8, 4) is 0 Å². The van der Waals surface area contributed by atoms with Gasteiger partial charge < -0.3 is 9.32 Å². The van der Waals surface area contributed by atoms with Crippen molar-refractivity contribution in [1.82, 2.24) is 4.90 Å². The highest BCUT2D eigenvalue weighted by molar-refractivity contribution is 5.95. The van der Waals surface area contributed by atoms with Gasteiger partial charge >= 0.3 is 0 Å². The van der Waals surface area contributed by atoms with E-state index < -0.39 is 0 Å². The fourth-order valence-corrected chi connectivity index (χ4v) is 3.31. The van der Waals surface area contributed by atoms with Gasteiger partial charge in [0.2, 0.25) is 0 Å². The van der Waals surface area contributed by atoms with E-state index in [9.17, 15) is 4.79 Å². The van der Waals surface area contributed by atoms with Crippen LogP contribution in [0.3, 0.4) is 0 Å². The lowest BCUT2D eigenvalue weighted by Gasteiger charge is -2.33. The van der Waals surface area contributed by atoms with E-state index in [0.717, 1.165) is 25.0 Å². The van der Waals surface area contributed by atoms with Crippen molar-refractivity contribution in [3.63, 3.8) is 0 Å². The number of fused-ring (bicyclic) bond motifs is 1. The molecule has 110 valence electrons. The van der Waals surface area contributed by atoms with Gasteiger partial charge in [-0.1, -0.05) is 24.3 Å². The summed E-state index contributed by atoms with van der Waals surface area (Å²) in [6.07, 6.45) is 3.26. The lowest BCUT2D eigenvalue weighted by molar-refractivity contribution is 0.0713. The molecule has 21 heavy (non-hydrogen) atoms. The van der Waals surface area contributed by atoms with Crippen LogP contribution in [0, 0.1) is 13.8 Å². The molecule has 1 aromatic heterocycles. The molecule has 1 atom stereocenters. The molecular formula is C18H21NO2. The zero-order valence-electron chi connectivity index (χ0n) is 12.8. The Kier molecular flexibility index (Phi) is 3.58. The summed E-state index contributed by atoms with van der Waals surface area (Å²) >= 11 is 0. The highest BCUT2D eigenvalue weighted by Crippen LogP contribution is 2.34. The van der Waals surface area contributed by atoms with Crippen molar-refractivity contribution in [2.75, 3.05) is 7.05 Å². The van der Waals surface area contributed by atoms with E-state index in [-0.39, 0.29) is 11.9 Å². The van der Waals surface area contributed by atoms with Gasteiger partial charge in [-0.3, -0.25) is 4.79 Å². The van der Waals surface area contributed by atoms with Gasteiger partial charge in [-0.25, -0.2) is 0 Å². The lowest BCUT2D eigenvalue weighted by Crippen LogP contribution is -2.33. The van der Waals surface area contributed by atoms with Crippen LogP contribution in [0.25, 0.3) is 0 Å². The Bertz CT molecular complexity index is 672. The number of carbonyl (C=O) groups excluding carboxylic acids is 1. The van der Waals surface area contributed by atoms with E-state index >= 15 is 0 Å². The quantitative estimate of drug-likeness (QED) is 0.833. The van der Waals surface area contributed by atoms with Crippen LogP contribution >= 0.6 is 0 Å². The Labute approximate surface area is 125 Å². The standard InChI is InChI=1S/C18H21NO2/c1-12-11-16(13(2)21-12)18(20)19(3)17-10-6-8-14-7-4-5-9-15(14)17/h4-5,7,9,11,17H,6,8,10H2,1-3H3. The minimum absolute atomic E-state index is 0.0473. The second kappa shape index (κ2) is 5.40. The molecule has 3 nitrogen and oxygen atoms in total. The average molecular weight is 283 g/mol. The number of aryl methyl sites for hydroxylation is 3. The average Bonchev–Trinajstić information content (AvgIpc) is 2.84. The first kappa shape index (κ1) is 13.9. The van der Waals surface area contributed by atoms with Crippen LogP contribution in [0.2, 0.25) is 0 Å². The number of benzene rings is 1. The second-order valence-corrected chi connectivity index (χ2v) is 5.85. The SMILES string of the molecule is Cc1cc(C(=O)N(C)C2CCCc3ccccc32)c(C)o1. The van der Waals surface area contributed by atoms with Gasteiger partial charge in [0.25, 0.3) is 5.91 Å². The van der Waals surface area contributed by atoms with Crippen molar-refractivity contribution < 1.29 is 9.21 Å². The number of amides is 1. The molecule has 0 aliphatic heterocycles. The molecule has 1 aliphatic carbocycles. The number of hydrogen-bond donors (Lipinski definition) is 0. The van der Waals surface area contributed by atoms with E-state index in [1.807, 2.05) is 31.9 Å². The first-order chi connectivity index (χ1) is 10.1.